The van der Waals surface area contributed by atoms with Crippen LogP contribution in [0.15, 0.2) is 18.2 Å². The van der Waals surface area contributed by atoms with Crippen LogP contribution >= 0.6 is 0 Å². The van der Waals surface area contributed by atoms with E-state index in [4.69, 9.17) is 4.74 Å². The largest absolute Gasteiger partial charge is 0.487 e. The van der Waals surface area contributed by atoms with Gasteiger partial charge in [-0.3, -0.25) is 4.90 Å². The number of likely N-dealkylation sites (tertiary alicyclic amines) is 1. The molecule has 21 heavy (non-hydrogen) atoms. The first-order valence-electron chi connectivity index (χ1n) is 8.05. The van der Waals surface area contributed by atoms with Crippen molar-refractivity contribution >= 4 is 0 Å². The molecule has 1 aromatic carbocycles. The summed E-state index contributed by atoms with van der Waals surface area (Å²) in [6.45, 7) is 6.27. The molecule has 1 fully saturated rings. The maximum Gasteiger partial charge on any atom is 0.129 e. The highest BCUT2D eigenvalue weighted by Gasteiger charge is 2.34. The van der Waals surface area contributed by atoms with Crippen LogP contribution in [0.25, 0.3) is 0 Å². The molecule has 3 heteroatoms. The van der Waals surface area contributed by atoms with Gasteiger partial charge in [0.2, 0.25) is 0 Å². The van der Waals surface area contributed by atoms with Crippen molar-refractivity contribution in [3.8, 4) is 11.8 Å². The first-order chi connectivity index (χ1) is 10.1. The third kappa shape index (κ3) is 2.91. The van der Waals surface area contributed by atoms with Gasteiger partial charge in [-0.1, -0.05) is 31.0 Å². The number of fused-ring (bicyclic) bond motifs is 1. The third-order valence-electron chi connectivity index (χ3n) is 4.54. The molecule has 0 spiro atoms. The molecule has 112 valence electrons. The molecule has 0 bridgehead atoms. The number of hydrogen-bond donors (Lipinski definition) is 0. The smallest absolute Gasteiger partial charge is 0.129 e. The molecule has 1 aromatic rings. The summed E-state index contributed by atoms with van der Waals surface area (Å²) in [5.74, 6) is 0.957. The molecule has 2 aliphatic heterocycles. The Bertz CT molecular complexity index is 551. The lowest BCUT2D eigenvalue weighted by Crippen LogP contribution is -2.30. The Kier molecular flexibility index (Phi) is 3.91. The first kappa shape index (κ1) is 14.4. The van der Waals surface area contributed by atoms with E-state index in [-0.39, 0.29) is 11.6 Å². The van der Waals surface area contributed by atoms with Crippen LogP contribution in [-0.4, -0.2) is 23.6 Å². The van der Waals surface area contributed by atoms with E-state index in [1.54, 1.807) is 0 Å². The summed E-state index contributed by atoms with van der Waals surface area (Å²) < 4.78 is 6.15. The van der Waals surface area contributed by atoms with E-state index in [2.05, 4.69) is 43.0 Å². The fraction of sp³-hybridized carbons (Fsp3) is 0.611. The van der Waals surface area contributed by atoms with Gasteiger partial charge in [0.1, 0.15) is 17.4 Å². The monoisotopic (exact) mass is 284 g/mol. The first-order valence-corrected chi connectivity index (χ1v) is 8.05. The van der Waals surface area contributed by atoms with E-state index in [0.717, 1.165) is 30.8 Å². The average molecular weight is 284 g/mol. The summed E-state index contributed by atoms with van der Waals surface area (Å²) in [4.78, 5) is 2.33. The van der Waals surface area contributed by atoms with Gasteiger partial charge in [-0.15, -0.1) is 0 Å². The number of hydrogen-bond acceptors (Lipinski definition) is 3. The highest BCUT2D eigenvalue weighted by molar-refractivity contribution is 5.48. The second kappa shape index (κ2) is 5.69. The van der Waals surface area contributed by atoms with Crippen molar-refractivity contribution in [3.63, 3.8) is 0 Å². The molecule has 1 unspecified atom stereocenters. The Morgan fingerprint density at radius 2 is 1.90 bits per heavy atom. The normalized spacial score (nSPS) is 22.7. The second-order valence-electron chi connectivity index (χ2n) is 6.86. The number of ether oxygens (including phenoxy) is 1. The lowest BCUT2D eigenvalue weighted by atomic mass is 9.98. The predicted octanol–water partition coefficient (Wildman–Crippen LogP) is 3.84. The van der Waals surface area contributed by atoms with Crippen LogP contribution in [0, 0.1) is 11.3 Å². The van der Waals surface area contributed by atoms with E-state index in [1.165, 1.54) is 31.2 Å². The topological polar surface area (TPSA) is 36.3 Å². The summed E-state index contributed by atoms with van der Waals surface area (Å²) in [5, 5.41) is 9.74. The van der Waals surface area contributed by atoms with E-state index in [0.29, 0.717) is 0 Å². The van der Waals surface area contributed by atoms with Crippen molar-refractivity contribution in [3.05, 3.63) is 29.3 Å². The van der Waals surface area contributed by atoms with Crippen molar-refractivity contribution in [2.75, 3.05) is 13.1 Å². The number of nitrogens with zero attached hydrogens (tertiary/aromatic N) is 2. The van der Waals surface area contributed by atoms with Crippen LogP contribution in [0.3, 0.4) is 0 Å². The quantitative estimate of drug-likeness (QED) is 0.828. The molecule has 3 rings (SSSR count). The van der Waals surface area contributed by atoms with Gasteiger partial charge in [-0.2, -0.15) is 5.26 Å². The van der Waals surface area contributed by atoms with Gasteiger partial charge in [0, 0.05) is 12.0 Å². The lowest BCUT2D eigenvalue weighted by molar-refractivity contribution is 0.134. The summed E-state index contributed by atoms with van der Waals surface area (Å²) in [6, 6.07) is 8.61. The van der Waals surface area contributed by atoms with Crippen molar-refractivity contribution in [1.29, 1.82) is 5.26 Å². The molecule has 2 aliphatic rings. The minimum atomic E-state index is -0.174. The maximum absolute atomic E-state index is 9.74. The van der Waals surface area contributed by atoms with E-state index < -0.39 is 0 Å². The second-order valence-corrected chi connectivity index (χ2v) is 6.86. The molecule has 2 heterocycles. The van der Waals surface area contributed by atoms with Gasteiger partial charge < -0.3 is 4.74 Å². The minimum absolute atomic E-state index is 0.156. The molecule has 0 aliphatic carbocycles. The van der Waals surface area contributed by atoms with Crippen molar-refractivity contribution in [1.82, 2.24) is 4.90 Å². The standard InChI is InChI=1S/C18H24N2O/c1-18(2)12-14-8-7-9-15(17(14)21-18)16(13-19)20-10-5-3-4-6-11-20/h7-9,16H,3-6,10-12H2,1-2H3. The zero-order valence-corrected chi connectivity index (χ0v) is 13.1. The van der Waals surface area contributed by atoms with Crippen LogP contribution in [0.1, 0.15) is 56.7 Å². The highest BCUT2D eigenvalue weighted by Crippen LogP contribution is 2.41. The molecule has 0 radical (unpaired) electrons. The molecule has 0 N–H and O–H groups in total. The summed E-state index contributed by atoms with van der Waals surface area (Å²) in [5.41, 5.74) is 2.15. The van der Waals surface area contributed by atoms with E-state index >= 15 is 0 Å². The van der Waals surface area contributed by atoms with Gasteiger partial charge >= 0.3 is 0 Å². The van der Waals surface area contributed by atoms with Gasteiger partial charge in [0.15, 0.2) is 0 Å². The van der Waals surface area contributed by atoms with Crippen LogP contribution in [0.2, 0.25) is 0 Å². The number of rotatable bonds is 2. The molecular weight excluding hydrogens is 260 g/mol. The molecule has 0 amide bonds. The summed E-state index contributed by atoms with van der Waals surface area (Å²) in [7, 11) is 0. The fourth-order valence-corrected chi connectivity index (χ4v) is 3.56. The Balaban J connectivity index is 1.92. The summed E-state index contributed by atoms with van der Waals surface area (Å²) >= 11 is 0. The highest BCUT2D eigenvalue weighted by atomic mass is 16.5. The van der Waals surface area contributed by atoms with Crippen molar-refractivity contribution in [2.24, 2.45) is 0 Å². The van der Waals surface area contributed by atoms with Crippen molar-refractivity contribution in [2.45, 2.75) is 57.6 Å². The lowest BCUT2D eigenvalue weighted by Gasteiger charge is -2.27. The number of para-hydroxylation sites is 1. The molecule has 3 nitrogen and oxygen atoms in total. The van der Waals surface area contributed by atoms with Crippen molar-refractivity contribution < 1.29 is 4.74 Å². The third-order valence-corrected chi connectivity index (χ3v) is 4.54. The Morgan fingerprint density at radius 1 is 1.19 bits per heavy atom. The fourth-order valence-electron chi connectivity index (χ4n) is 3.56. The Morgan fingerprint density at radius 3 is 2.57 bits per heavy atom. The maximum atomic E-state index is 9.74. The Hall–Kier alpha value is -1.53. The van der Waals surface area contributed by atoms with Gasteiger partial charge in [0.25, 0.3) is 0 Å². The SMILES string of the molecule is CC1(C)Cc2cccc(C(C#N)N3CCCCCC3)c2O1. The van der Waals surface area contributed by atoms with E-state index in [9.17, 15) is 5.26 Å². The molecule has 0 aromatic heterocycles. The van der Waals surface area contributed by atoms with Crippen LogP contribution in [-0.2, 0) is 6.42 Å². The zero-order chi connectivity index (χ0) is 14.9. The number of benzene rings is 1. The van der Waals surface area contributed by atoms with Crippen LogP contribution in [0.4, 0.5) is 0 Å². The molecular formula is C18H24N2O. The van der Waals surface area contributed by atoms with Gasteiger partial charge in [-0.05, 0) is 45.3 Å². The van der Waals surface area contributed by atoms with Gasteiger partial charge in [0.05, 0.1) is 6.07 Å². The van der Waals surface area contributed by atoms with Gasteiger partial charge in [-0.25, -0.2) is 0 Å². The number of nitriles is 1. The van der Waals surface area contributed by atoms with Crippen LogP contribution in [0.5, 0.6) is 5.75 Å². The molecule has 1 saturated heterocycles. The average Bonchev–Trinajstić information content (AvgIpc) is 2.63. The molecule has 0 saturated carbocycles. The summed E-state index contributed by atoms with van der Waals surface area (Å²) in [6.07, 6.45) is 5.88. The predicted molar refractivity (Wildman–Crippen MR) is 83.2 cm³/mol. The Labute approximate surface area is 127 Å². The molecule has 1 atom stereocenters. The van der Waals surface area contributed by atoms with Crippen LogP contribution < -0.4 is 4.74 Å². The minimum Gasteiger partial charge on any atom is -0.487 e. The zero-order valence-electron chi connectivity index (χ0n) is 13.1. The van der Waals surface area contributed by atoms with E-state index in [1.807, 2.05) is 0 Å².